The molecule has 16 nitrogen and oxygen atoms in total. The average Bonchev–Trinajstić information content (AvgIpc) is 4.16. The molecule has 74 heavy (non-hydrogen) atoms. The quantitative estimate of drug-likeness (QED) is 0.101. The fourth-order valence-corrected chi connectivity index (χ4v) is 12.2. The van der Waals surface area contributed by atoms with Crippen LogP contribution in [0.15, 0.2) is 83.3 Å². The van der Waals surface area contributed by atoms with Crippen LogP contribution in [0.3, 0.4) is 0 Å². The maximum Gasteiger partial charge on any atom is 0.308 e. The summed E-state index contributed by atoms with van der Waals surface area (Å²) in [6.07, 6.45) is 0.0529. The van der Waals surface area contributed by atoms with Gasteiger partial charge in [-0.25, -0.2) is 4.98 Å². The Balaban J connectivity index is 0.813. The maximum absolute atomic E-state index is 14.4. The number of nitrogens with one attached hydrogen (secondary N) is 2. The number of fused-ring (bicyclic) bond motifs is 3. The monoisotopic (exact) mass is 1040 g/mol. The minimum atomic E-state index is -0.962. The van der Waals surface area contributed by atoms with E-state index < -0.39 is 41.5 Å². The fourth-order valence-electron chi connectivity index (χ4n) is 10.2. The number of thiazole rings is 1. The molecule has 386 valence electrons. The van der Waals surface area contributed by atoms with Gasteiger partial charge in [-0.05, 0) is 92.8 Å². The summed E-state index contributed by atoms with van der Waals surface area (Å²) < 4.78 is 7.05. The molecular weight excluding hydrogens is 975 g/mol. The molecule has 3 aromatic heterocycles. The van der Waals surface area contributed by atoms with Crippen LogP contribution in [-0.2, 0) is 23.9 Å². The highest BCUT2D eigenvalue weighted by molar-refractivity contribution is 7.15. The summed E-state index contributed by atoms with van der Waals surface area (Å²) in [5, 5.41) is 26.6. The molecule has 3 aliphatic heterocycles. The molecular formula is C56H63N9O7S2. The molecule has 0 radical (unpaired) electrons. The number of β-amino-alcohol motifs (C(OH)–C–C–N with tert-alkyl or cyclic N) is 1. The lowest BCUT2D eigenvalue weighted by Gasteiger charge is -2.37. The van der Waals surface area contributed by atoms with E-state index in [0.29, 0.717) is 43.1 Å². The van der Waals surface area contributed by atoms with Gasteiger partial charge in [0.25, 0.3) is 5.91 Å². The first kappa shape index (κ1) is 52.0. The van der Waals surface area contributed by atoms with Crippen molar-refractivity contribution >= 4 is 58.0 Å². The second-order valence-electron chi connectivity index (χ2n) is 20.7. The van der Waals surface area contributed by atoms with Gasteiger partial charge in [0.05, 0.1) is 47.5 Å². The number of methoxy groups -OCH3 is 1. The van der Waals surface area contributed by atoms with E-state index in [-0.39, 0.29) is 49.1 Å². The van der Waals surface area contributed by atoms with E-state index in [1.54, 1.807) is 27.6 Å². The number of nitrogens with zero attached hydrogens (tertiary/aromatic N) is 7. The van der Waals surface area contributed by atoms with Crippen molar-refractivity contribution in [3.05, 3.63) is 128 Å². The van der Waals surface area contributed by atoms with Crippen molar-refractivity contribution < 1.29 is 33.8 Å². The van der Waals surface area contributed by atoms with Crippen molar-refractivity contribution in [2.24, 2.45) is 16.3 Å². The third-order valence-corrected chi connectivity index (χ3v) is 16.8. The van der Waals surface area contributed by atoms with E-state index in [1.807, 2.05) is 124 Å². The van der Waals surface area contributed by atoms with Crippen molar-refractivity contribution in [1.82, 2.24) is 40.2 Å². The van der Waals surface area contributed by atoms with Crippen LogP contribution in [0.5, 0.6) is 0 Å². The number of esters is 1. The van der Waals surface area contributed by atoms with Gasteiger partial charge in [-0.1, -0.05) is 81.4 Å². The lowest BCUT2D eigenvalue weighted by Crippen LogP contribution is -2.59. The molecule has 6 heterocycles. The standard InChI is InChI=1S/C56H63N9O7S2/c1-30-33(4)74-55-46(30)47(59-43(27-45(67)72-9)50-62-61-34(5)65(50)55)38-16-12-36(13-17-38)37-14-20-41(21-15-37)53(70)63-24-22-40(23-25-63)51(68)60-49(56(6,7)8)54(71)64-28-42(66)26-44(64)52(69)58-31(2)35-10-18-39(19-11-35)48-32(3)57-29-73-48/h10-21,29,31,40,42-44,49,66H,22-28H2,1-9H3,(H,58,69)(H,60,68)/t31-,42+,43-,44-,49+/m0/s1. The second-order valence-corrected chi connectivity index (χ2v) is 22.8. The first-order chi connectivity index (χ1) is 35.3. The number of hydrogen-bond donors (Lipinski definition) is 3. The van der Waals surface area contributed by atoms with Crippen molar-refractivity contribution in [1.29, 1.82) is 0 Å². The topological polar surface area (TPSA) is 201 Å². The van der Waals surface area contributed by atoms with E-state index in [4.69, 9.17) is 9.73 Å². The number of aryl methyl sites for hydroxylation is 3. The number of aromatic nitrogens is 4. The van der Waals surface area contributed by atoms with E-state index in [9.17, 15) is 29.1 Å². The van der Waals surface area contributed by atoms with Gasteiger partial charge in [-0.2, -0.15) is 0 Å². The number of rotatable bonds is 12. The van der Waals surface area contributed by atoms with Gasteiger partial charge in [-0.3, -0.25) is 33.5 Å². The highest BCUT2D eigenvalue weighted by Crippen LogP contribution is 2.40. The van der Waals surface area contributed by atoms with Gasteiger partial charge in [0, 0.05) is 53.5 Å². The zero-order valence-electron chi connectivity index (χ0n) is 43.3. The molecule has 9 rings (SSSR count). The van der Waals surface area contributed by atoms with Crippen molar-refractivity contribution in [2.45, 2.75) is 111 Å². The number of hydrogen-bond acceptors (Lipinski definition) is 13. The number of benzene rings is 3. The van der Waals surface area contributed by atoms with Crippen molar-refractivity contribution in [3.63, 3.8) is 0 Å². The number of carbonyl (C=O) groups excluding carboxylic acids is 5. The lowest BCUT2D eigenvalue weighted by molar-refractivity contribution is -0.144. The molecule has 6 aromatic rings. The van der Waals surface area contributed by atoms with Crippen LogP contribution in [-0.4, -0.2) is 115 Å². The predicted molar refractivity (Wildman–Crippen MR) is 285 cm³/mol. The molecule has 18 heteroatoms. The number of amides is 4. The minimum Gasteiger partial charge on any atom is -0.469 e. The third-order valence-electron chi connectivity index (χ3n) is 14.6. The molecule has 2 saturated heterocycles. The van der Waals surface area contributed by atoms with E-state index in [1.165, 1.54) is 12.0 Å². The molecule has 3 N–H and O–H groups in total. The van der Waals surface area contributed by atoms with Gasteiger partial charge in [-0.15, -0.1) is 32.9 Å². The second kappa shape index (κ2) is 21.2. The summed E-state index contributed by atoms with van der Waals surface area (Å²) in [5.74, 6) is -0.707. The lowest BCUT2D eigenvalue weighted by atomic mass is 9.84. The average molecular weight is 1040 g/mol. The molecule has 0 bridgehead atoms. The Morgan fingerprint density at radius 1 is 0.838 bits per heavy atom. The molecule has 0 unspecified atom stereocenters. The predicted octanol–water partition coefficient (Wildman–Crippen LogP) is 8.03. The van der Waals surface area contributed by atoms with Crippen LogP contribution in [0, 0.1) is 39.0 Å². The van der Waals surface area contributed by atoms with Crippen LogP contribution in [0.4, 0.5) is 0 Å². The van der Waals surface area contributed by atoms with Crippen molar-refractivity contribution in [2.75, 3.05) is 26.7 Å². The van der Waals surface area contributed by atoms with Gasteiger partial charge >= 0.3 is 5.97 Å². The molecule has 3 aromatic carbocycles. The zero-order valence-corrected chi connectivity index (χ0v) is 44.9. The number of piperidine rings is 1. The first-order valence-electron chi connectivity index (χ1n) is 25.1. The number of aliphatic hydroxyl groups excluding tert-OH is 1. The number of likely N-dealkylation sites (tertiary alicyclic amines) is 2. The van der Waals surface area contributed by atoms with Crippen LogP contribution in [0.1, 0.15) is 120 Å². The van der Waals surface area contributed by atoms with E-state index in [2.05, 4.69) is 39.7 Å². The van der Waals surface area contributed by atoms with E-state index >= 15 is 0 Å². The Morgan fingerprint density at radius 2 is 1.47 bits per heavy atom. The van der Waals surface area contributed by atoms with Gasteiger partial charge in [0.15, 0.2) is 5.82 Å². The van der Waals surface area contributed by atoms with Gasteiger partial charge in [0.1, 0.15) is 29.0 Å². The summed E-state index contributed by atoms with van der Waals surface area (Å²) in [7, 11) is 1.37. The summed E-state index contributed by atoms with van der Waals surface area (Å²) >= 11 is 3.22. The van der Waals surface area contributed by atoms with Gasteiger partial charge < -0.3 is 30.3 Å². The van der Waals surface area contributed by atoms with E-state index in [0.717, 1.165) is 65.1 Å². The van der Waals surface area contributed by atoms with Crippen molar-refractivity contribution in [3.8, 4) is 26.6 Å². The summed E-state index contributed by atoms with van der Waals surface area (Å²) in [6, 6.07) is 20.7. The molecule has 5 atom stereocenters. The fraction of sp³-hybridized carbons (Fsp3) is 0.411. The molecule has 3 aliphatic rings. The van der Waals surface area contributed by atoms with Crippen LogP contribution in [0.2, 0.25) is 0 Å². The Hall–Kier alpha value is -6.89. The van der Waals surface area contributed by atoms with Crippen LogP contribution >= 0.6 is 22.7 Å². The Kier molecular flexibility index (Phi) is 14.9. The number of aliphatic hydroxyl groups is 1. The number of aliphatic imine (C=N–C) groups is 1. The minimum absolute atomic E-state index is 0.0187. The molecule has 4 amide bonds. The third kappa shape index (κ3) is 10.4. The molecule has 0 saturated carbocycles. The first-order valence-corrected chi connectivity index (χ1v) is 26.8. The van der Waals surface area contributed by atoms with Crippen LogP contribution in [0.25, 0.3) is 26.6 Å². The summed E-state index contributed by atoms with van der Waals surface area (Å²) in [5.41, 5.74) is 10.2. The summed E-state index contributed by atoms with van der Waals surface area (Å²) in [6.45, 7) is 16.2. The SMILES string of the molecule is COC(=O)C[C@@H]1N=C(c2ccc(-c3ccc(C(=O)N4CCC(C(=O)N[C@H](C(=O)N5C[C@H](O)C[C@H]5C(=O)N[C@@H](C)c5ccc(-c6scnc6C)cc5)C(C)(C)C)CC4)cc3)cc2)c2c(sc(C)c2C)-n2c(C)nnc21. The molecule has 0 aliphatic carbocycles. The smallest absolute Gasteiger partial charge is 0.308 e. The summed E-state index contributed by atoms with van der Waals surface area (Å²) in [4.78, 5) is 83.5. The largest absolute Gasteiger partial charge is 0.469 e. The van der Waals surface area contributed by atoms with Gasteiger partial charge in [0.2, 0.25) is 17.7 Å². The number of thiophene rings is 1. The number of ether oxygens (including phenoxy) is 1. The zero-order chi connectivity index (χ0) is 52.7. The normalized spacial score (nSPS) is 18.7. The van der Waals surface area contributed by atoms with Crippen LogP contribution < -0.4 is 10.6 Å². The molecule has 2 fully saturated rings. The Labute approximate surface area is 439 Å². The maximum atomic E-state index is 14.4. The Bertz CT molecular complexity index is 3130. The highest BCUT2D eigenvalue weighted by Gasteiger charge is 2.45. The highest BCUT2D eigenvalue weighted by atomic mass is 32.1. The number of carbonyl (C=O) groups is 5. The Morgan fingerprint density at radius 3 is 2.09 bits per heavy atom. The molecule has 0 spiro atoms.